The molecule has 0 spiro atoms. The highest BCUT2D eigenvalue weighted by Gasteiger charge is 2.24. The predicted molar refractivity (Wildman–Crippen MR) is 62.7 cm³/mol. The van der Waals surface area contributed by atoms with Crippen LogP contribution in [0.1, 0.15) is 46.7 Å². The van der Waals surface area contributed by atoms with Gasteiger partial charge in [0, 0.05) is 18.7 Å². The van der Waals surface area contributed by atoms with E-state index in [4.69, 9.17) is 4.42 Å². The smallest absolute Gasteiger partial charge is 0.257 e. The Labute approximate surface area is 96.4 Å². The van der Waals surface area contributed by atoms with Gasteiger partial charge in [-0.05, 0) is 40.0 Å². The van der Waals surface area contributed by atoms with Gasteiger partial charge >= 0.3 is 0 Å². The number of piperidine rings is 1. The van der Waals surface area contributed by atoms with Crippen molar-refractivity contribution < 1.29 is 9.21 Å². The van der Waals surface area contributed by atoms with Gasteiger partial charge < -0.3 is 9.32 Å². The van der Waals surface area contributed by atoms with Gasteiger partial charge in [-0.1, -0.05) is 0 Å². The van der Waals surface area contributed by atoms with Crippen LogP contribution in [-0.2, 0) is 0 Å². The zero-order chi connectivity index (χ0) is 11.7. The zero-order valence-corrected chi connectivity index (χ0v) is 10.3. The molecule has 0 radical (unpaired) electrons. The first-order valence-electron chi connectivity index (χ1n) is 5.97. The normalized spacial score (nSPS) is 16.6. The van der Waals surface area contributed by atoms with Gasteiger partial charge in [-0.15, -0.1) is 0 Å². The molecule has 1 aromatic rings. The molecular weight excluding hydrogens is 202 g/mol. The number of hydrogen-bond donors (Lipinski definition) is 0. The summed E-state index contributed by atoms with van der Waals surface area (Å²) in [6.45, 7) is 7.53. The van der Waals surface area contributed by atoms with E-state index in [-0.39, 0.29) is 5.91 Å². The number of hydrogen-bond acceptors (Lipinski definition) is 2. The zero-order valence-electron chi connectivity index (χ0n) is 10.3. The second-order valence-electron chi connectivity index (χ2n) is 4.57. The number of amides is 1. The molecule has 0 atom stereocenters. The first kappa shape index (κ1) is 11.2. The lowest BCUT2D eigenvalue weighted by atomic mass is 10.1. The van der Waals surface area contributed by atoms with Crippen molar-refractivity contribution in [3.63, 3.8) is 0 Å². The molecular formula is C13H19NO2. The summed E-state index contributed by atoms with van der Waals surface area (Å²) >= 11 is 0. The third-order valence-corrected chi connectivity index (χ3v) is 3.42. The topological polar surface area (TPSA) is 33.5 Å². The van der Waals surface area contributed by atoms with Gasteiger partial charge in [-0.2, -0.15) is 0 Å². The minimum atomic E-state index is 0.145. The molecule has 0 N–H and O–H groups in total. The summed E-state index contributed by atoms with van der Waals surface area (Å²) in [7, 11) is 0. The summed E-state index contributed by atoms with van der Waals surface area (Å²) in [6.07, 6.45) is 3.49. The van der Waals surface area contributed by atoms with E-state index in [0.29, 0.717) is 0 Å². The molecule has 2 heterocycles. The summed E-state index contributed by atoms with van der Waals surface area (Å²) in [5.41, 5.74) is 1.77. The lowest BCUT2D eigenvalue weighted by Gasteiger charge is -2.26. The van der Waals surface area contributed by atoms with Gasteiger partial charge in [0.1, 0.15) is 11.5 Å². The molecule has 0 bridgehead atoms. The quantitative estimate of drug-likeness (QED) is 0.730. The molecule has 2 rings (SSSR count). The van der Waals surface area contributed by atoms with Gasteiger partial charge in [-0.25, -0.2) is 0 Å². The Hall–Kier alpha value is -1.25. The van der Waals surface area contributed by atoms with Crippen LogP contribution in [0.2, 0.25) is 0 Å². The van der Waals surface area contributed by atoms with Crippen molar-refractivity contribution >= 4 is 5.91 Å². The number of likely N-dealkylation sites (tertiary alicyclic amines) is 1. The second kappa shape index (κ2) is 4.32. The third kappa shape index (κ3) is 1.86. The van der Waals surface area contributed by atoms with Gasteiger partial charge in [0.05, 0.1) is 5.56 Å². The fourth-order valence-corrected chi connectivity index (χ4v) is 2.36. The van der Waals surface area contributed by atoms with Crippen molar-refractivity contribution in [3.05, 3.63) is 22.6 Å². The largest absolute Gasteiger partial charge is 0.466 e. The lowest BCUT2D eigenvalue weighted by molar-refractivity contribution is 0.0722. The van der Waals surface area contributed by atoms with E-state index in [1.807, 2.05) is 25.7 Å². The summed E-state index contributed by atoms with van der Waals surface area (Å²) < 4.78 is 5.51. The summed E-state index contributed by atoms with van der Waals surface area (Å²) in [6, 6.07) is 0. The van der Waals surface area contributed by atoms with Crippen molar-refractivity contribution in [1.82, 2.24) is 4.90 Å². The SMILES string of the molecule is Cc1oc(C)c(C(=O)N2CCCCC2)c1C. The van der Waals surface area contributed by atoms with Crippen molar-refractivity contribution in [2.75, 3.05) is 13.1 Å². The molecule has 1 saturated heterocycles. The molecule has 88 valence electrons. The number of furan rings is 1. The molecule has 0 saturated carbocycles. The molecule has 1 aliphatic rings. The molecule has 1 aliphatic heterocycles. The van der Waals surface area contributed by atoms with Gasteiger partial charge in [0.25, 0.3) is 5.91 Å². The van der Waals surface area contributed by atoms with Crippen LogP contribution in [0.15, 0.2) is 4.42 Å². The Morgan fingerprint density at radius 2 is 1.69 bits per heavy atom. The molecule has 16 heavy (non-hydrogen) atoms. The minimum absolute atomic E-state index is 0.145. The van der Waals surface area contributed by atoms with Gasteiger partial charge in [0.2, 0.25) is 0 Å². The number of nitrogens with zero attached hydrogens (tertiary/aromatic N) is 1. The Kier molecular flexibility index (Phi) is 3.03. The fourth-order valence-electron chi connectivity index (χ4n) is 2.36. The minimum Gasteiger partial charge on any atom is -0.466 e. The predicted octanol–water partition coefficient (Wildman–Crippen LogP) is 2.83. The van der Waals surface area contributed by atoms with E-state index in [1.165, 1.54) is 6.42 Å². The van der Waals surface area contributed by atoms with Gasteiger partial charge in [0.15, 0.2) is 0 Å². The average molecular weight is 221 g/mol. The van der Waals surface area contributed by atoms with Crippen molar-refractivity contribution in [1.29, 1.82) is 0 Å². The van der Waals surface area contributed by atoms with Crippen molar-refractivity contribution in [2.45, 2.75) is 40.0 Å². The molecule has 1 fully saturated rings. The van der Waals surface area contributed by atoms with Crippen LogP contribution in [0, 0.1) is 20.8 Å². The fraction of sp³-hybridized carbons (Fsp3) is 0.615. The summed E-state index contributed by atoms with van der Waals surface area (Å²) in [5, 5.41) is 0. The first-order chi connectivity index (χ1) is 7.61. The maximum Gasteiger partial charge on any atom is 0.257 e. The number of carbonyl (C=O) groups is 1. The van der Waals surface area contributed by atoms with Crippen LogP contribution in [-0.4, -0.2) is 23.9 Å². The first-order valence-corrected chi connectivity index (χ1v) is 5.97. The maximum atomic E-state index is 12.3. The highest BCUT2D eigenvalue weighted by atomic mass is 16.3. The van der Waals surface area contributed by atoms with Crippen LogP contribution < -0.4 is 0 Å². The van der Waals surface area contributed by atoms with Crippen LogP contribution in [0.25, 0.3) is 0 Å². The second-order valence-corrected chi connectivity index (χ2v) is 4.57. The molecule has 3 nitrogen and oxygen atoms in total. The molecule has 3 heteroatoms. The van der Waals surface area contributed by atoms with Crippen LogP contribution in [0.5, 0.6) is 0 Å². The molecule has 0 aromatic carbocycles. The van der Waals surface area contributed by atoms with E-state index in [2.05, 4.69) is 0 Å². The van der Waals surface area contributed by atoms with E-state index in [0.717, 1.165) is 48.6 Å². The van der Waals surface area contributed by atoms with E-state index in [1.54, 1.807) is 0 Å². The molecule has 1 amide bonds. The van der Waals surface area contributed by atoms with Crippen LogP contribution >= 0.6 is 0 Å². The highest BCUT2D eigenvalue weighted by Crippen LogP contribution is 2.23. The number of aryl methyl sites for hydroxylation is 2. The third-order valence-electron chi connectivity index (χ3n) is 3.42. The average Bonchev–Trinajstić information content (AvgIpc) is 2.54. The van der Waals surface area contributed by atoms with Gasteiger partial charge in [-0.3, -0.25) is 4.79 Å². The van der Waals surface area contributed by atoms with E-state index in [9.17, 15) is 4.79 Å². The lowest BCUT2D eigenvalue weighted by Crippen LogP contribution is -2.36. The van der Waals surface area contributed by atoms with E-state index < -0.39 is 0 Å². The number of rotatable bonds is 1. The highest BCUT2D eigenvalue weighted by molar-refractivity contribution is 5.96. The van der Waals surface area contributed by atoms with Crippen LogP contribution in [0.4, 0.5) is 0 Å². The maximum absolute atomic E-state index is 12.3. The van der Waals surface area contributed by atoms with Crippen molar-refractivity contribution in [2.24, 2.45) is 0 Å². The van der Waals surface area contributed by atoms with E-state index >= 15 is 0 Å². The molecule has 0 aliphatic carbocycles. The summed E-state index contributed by atoms with van der Waals surface area (Å²) in [4.78, 5) is 14.3. The molecule has 0 unspecified atom stereocenters. The number of carbonyl (C=O) groups excluding carboxylic acids is 1. The monoisotopic (exact) mass is 221 g/mol. The Bertz CT molecular complexity index is 400. The summed E-state index contributed by atoms with van der Waals surface area (Å²) in [5.74, 6) is 1.76. The van der Waals surface area contributed by atoms with Crippen LogP contribution in [0.3, 0.4) is 0 Å². The van der Waals surface area contributed by atoms with Crippen molar-refractivity contribution in [3.8, 4) is 0 Å². The Morgan fingerprint density at radius 1 is 1.06 bits per heavy atom. The Balaban J connectivity index is 2.25. The standard InChI is InChI=1S/C13H19NO2/c1-9-10(2)16-11(3)12(9)13(15)14-7-5-4-6-8-14/h4-8H2,1-3H3. The Morgan fingerprint density at radius 3 is 2.19 bits per heavy atom. The molecule has 1 aromatic heterocycles.